The standard InChI is InChI=1S/C15H21N3O2S/c1-11(2)16-9-12(3)21(19,20)18-14-8-13-6-4-5-7-15(13)17-10-14/h4-8,10-12,16,18H,9H2,1-3H3. The number of anilines is 1. The Morgan fingerprint density at radius 2 is 1.90 bits per heavy atom. The van der Waals surface area contributed by atoms with E-state index in [1.807, 2.05) is 38.1 Å². The largest absolute Gasteiger partial charge is 0.313 e. The monoisotopic (exact) mass is 307 g/mol. The first-order valence-corrected chi connectivity index (χ1v) is 8.53. The first-order chi connectivity index (χ1) is 9.88. The van der Waals surface area contributed by atoms with Crippen LogP contribution in [0.2, 0.25) is 0 Å². The smallest absolute Gasteiger partial charge is 0.236 e. The van der Waals surface area contributed by atoms with E-state index in [9.17, 15) is 8.42 Å². The molecule has 1 aromatic heterocycles. The Morgan fingerprint density at radius 1 is 1.19 bits per heavy atom. The van der Waals surface area contributed by atoms with Crippen LogP contribution in [-0.4, -0.2) is 31.2 Å². The second-order valence-electron chi connectivity index (χ2n) is 5.44. The molecule has 0 aliphatic carbocycles. The van der Waals surface area contributed by atoms with Gasteiger partial charge in [-0.2, -0.15) is 0 Å². The molecule has 114 valence electrons. The van der Waals surface area contributed by atoms with Crippen molar-refractivity contribution in [1.29, 1.82) is 0 Å². The molecule has 0 saturated carbocycles. The fourth-order valence-electron chi connectivity index (χ4n) is 1.90. The van der Waals surface area contributed by atoms with Gasteiger partial charge in [0, 0.05) is 18.0 Å². The Balaban J connectivity index is 2.14. The number of rotatable bonds is 6. The summed E-state index contributed by atoms with van der Waals surface area (Å²) in [5.41, 5.74) is 1.33. The lowest BCUT2D eigenvalue weighted by molar-refractivity contribution is 0.553. The highest BCUT2D eigenvalue weighted by atomic mass is 32.2. The minimum atomic E-state index is -3.43. The molecule has 1 heterocycles. The van der Waals surface area contributed by atoms with Gasteiger partial charge in [-0.25, -0.2) is 8.42 Å². The first-order valence-electron chi connectivity index (χ1n) is 6.98. The van der Waals surface area contributed by atoms with Crippen LogP contribution < -0.4 is 10.0 Å². The van der Waals surface area contributed by atoms with Crippen LogP contribution in [0.25, 0.3) is 10.9 Å². The molecule has 2 rings (SSSR count). The molecule has 0 radical (unpaired) electrons. The van der Waals surface area contributed by atoms with Gasteiger partial charge in [0.25, 0.3) is 0 Å². The van der Waals surface area contributed by atoms with Crippen LogP contribution in [0.3, 0.4) is 0 Å². The van der Waals surface area contributed by atoms with E-state index < -0.39 is 15.3 Å². The van der Waals surface area contributed by atoms with Crippen LogP contribution in [0.4, 0.5) is 5.69 Å². The summed E-state index contributed by atoms with van der Waals surface area (Å²) >= 11 is 0. The van der Waals surface area contributed by atoms with Crippen molar-refractivity contribution in [2.75, 3.05) is 11.3 Å². The van der Waals surface area contributed by atoms with Gasteiger partial charge in [0.1, 0.15) is 0 Å². The Morgan fingerprint density at radius 3 is 2.62 bits per heavy atom. The number of para-hydroxylation sites is 1. The Labute approximate surface area is 125 Å². The summed E-state index contributed by atoms with van der Waals surface area (Å²) in [5, 5.41) is 3.52. The molecule has 2 N–H and O–H groups in total. The summed E-state index contributed by atoms with van der Waals surface area (Å²) in [6, 6.07) is 9.65. The van der Waals surface area contributed by atoms with Crippen LogP contribution in [0.15, 0.2) is 36.5 Å². The van der Waals surface area contributed by atoms with Gasteiger partial charge in [-0.1, -0.05) is 32.0 Å². The molecule has 0 saturated heterocycles. The lowest BCUT2D eigenvalue weighted by Gasteiger charge is -2.17. The van der Waals surface area contributed by atoms with Crippen molar-refractivity contribution in [3.05, 3.63) is 36.5 Å². The van der Waals surface area contributed by atoms with Crippen molar-refractivity contribution in [1.82, 2.24) is 10.3 Å². The van der Waals surface area contributed by atoms with Crippen LogP contribution in [0.1, 0.15) is 20.8 Å². The molecular weight excluding hydrogens is 286 g/mol. The molecule has 0 fully saturated rings. The van der Waals surface area contributed by atoms with Gasteiger partial charge >= 0.3 is 0 Å². The Bertz CT molecular complexity index is 714. The van der Waals surface area contributed by atoms with Crippen LogP contribution in [0.5, 0.6) is 0 Å². The third-order valence-electron chi connectivity index (χ3n) is 3.19. The van der Waals surface area contributed by atoms with Crippen LogP contribution in [-0.2, 0) is 10.0 Å². The van der Waals surface area contributed by atoms with Crippen molar-refractivity contribution >= 4 is 26.6 Å². The molecule has 1 atom stereocenters. The topological polar surface area (TPSA) is 71.1 Å². The van der Waals surface area contributed by atoms with Crippen molar-refractivity contribution in [3.63, 3.8) is 0 Å². The predicted octanol–water partition coefficient (Wildman–Crippen LogP) is 2.36. The number of fused-ring (bicyclic) bond motifs is 1. The second kappa shape index (κ2) is 6.41. The second-order valence-corrected chi connectivity index (χ2v) is 7.54. The summed E-state index contributed by atoms with van der Waals surface area (Å²) in [5.74, 6) is 0. The molecule has 2 aromatic rings. The summed E-state index contributed by atoms with van der Waals surface area (Å²) in [6.07, 6.45) is 1.54. The normalized spacial score (nSPS) is 13.5. The van der Waals surface area contributed by atoms with E-state index in [0.29, 0.717) is 12.2 Å². The zero-order valence-electron chi connectivity index (χ0n) is 12.5. The number of hydrogen-bond acceptors (Lipinski definition) is 4. The maximum atomic E-state index is 12.3. The molecule has 1 aromatic carbocycles. The zero-order valence-corrected chi connectivity index (χ0v) is 13.3. The van der Waals surface area contributed by atoms with E-state index in [0.717, 1.165) is 10.9 Å². The summed E-state index contributed by atoms with van der Waals surface area (Å²) in [7, 11) is -3.43. The highest BCUT2D eigenvalue weighted by Gasteiger charge is 2.20. The molecule has 0 spiro atoms. The highest BCUT2D eigenvalue weighted by Crippen LogP contribution is 2.18. The molecule has 21 heavy (non-hydrogen) atoms. The Hall–Kier alpha value is -1.66. The maximum Gasteiger partial charge on any atom is 0.236 e. The number of aromatic nitrogens is 1. The minimum Gasteiger partial charge on any atom is -0.313 e. The zero-order chi connectivity index (χ0) is 15.5. The number of sulfonamides is 1. The average Bonchev–Trinajstić information content (AvgIpc) is 2.44. The average molecular weight is 307 g/mol. The van der Waals surface area contributed by atoms with E-state index in [1.54, 1.807) is 19.2 Å². The number of nitrogens with one attached hydrogen (secondary N) is 2. The molecule has 6 heteroatoms. The number of hydrogen-bond donors (Lipinski definition) is 2. The lowest BCUT2D eigenvalue weighted by atomic mass is 10.2. The van der Waals surface area contributed by atoms with E-state index in [-0.39, 0.29) is 6.04 Å². The van der Waals surface area contributed by atoms with Crippen LogP contribution >= 0.6 is 0 Å². The van der Waals surface area contributed by atoms with E-state index >= 15 is 0 Å². The molecule has 0 amide bonds. The maximum absolute atomic E-state index is 12.3. The molecule has 0 aliphatic heterocycles. The van der Waals surface area contributed by atoms with E-state index in [2.05, 4.69) is 15.0 Å². The molecule has 0 bridgehead atoms. The lowest BCUT2D eigenvalue weighted by Crippen LogP contribution is -2.37. The highest BCUT2D eigenvalue weighted by molar-refractivity contribution is 7.93. The van der Waals surface area contributed by atoms with Crippen molar-refractivity contribution in [3.8, 4) is 0 Å². The number of benzene rings is 1. The van der Waals surface area contributed by atoms with Gasteiger partial charge in [-0.05, 0) is 19.1 Å². The quantitative estimate of drug-likeness (QED) is 0.859. The van der Waals surface area contributed by atoms with Gasteiger partial charge in [-0.3, -0.25) is 9.71 Å². The summed E-state index contributed by atoms with van der Waals surface area (Å²) in [4.78, 5) is 4.26. The fourth-order valence-corrected chi connectivity index (χ4v) is 2.86. The molecule has 1 unspecified atom stereocenters. The van der Waals surface area contributed by atoms with Gasteiger partial charge in [0.15, 0.2) is 0 Å². The van der Waals surface area contributed by atoms with Crippen molar-refractivity contribution in [2.45, 2.75) is 32.1 Å². The molecule has 0 aliphatic rings. The van der Waals surface area contributed by atoms with Gasteiger partial charge < -0.3 is 5.32 Å². The first kappa shape index (κ1) is 15.7. The van der Waals surface area contributed by atoms with Crippen molar-refractivity contribution < 1.29 is 8.42 Å². The molecule has 5 nitrogen and oxygen atoms in total. The van der Waals surface area contributed by atoms with E-state index in [1.165, 1.54) is 0 Å². The minimum absolute atomic E-state index is 0.255. The third kappa shape index (κ3) is 4.15. The van der Waals surface area contributed by atoms with Gasteiger partial charge in [0.05, 0.1) is 22.7 Å². The predicted molar refractivity (Wildman–Crippen MR) is 86.9 cm³/mol. The summed E-state index contributed by atoms with van der Waals surface area (Å²) < 4.78 is 27.1. The SMILES string of the molecule is CC(C)NCC(C)S(=O)(=O)Nc1cnc2ccccc2c1. The molecular formula is C15H21N3O2S. The third-order valence-corrected chi connectivity index (χ3v) is 4.94. The van der Waals surface area contributed by atoms with Crippen LogP contribution in [0, 0.1) is 0 Å². The van der Waals surface area contributed by atoms with Gasteiger partial charge in [-0.15, -0.1) is 0 Å². The van der Waals surface area contributed by atoms with E-state index in [4.69, 9.17) is 0 Å². The number of nitrogens with zero attached hydrogens (tertiary/aromatic N) is 1. The van der Waals surface area contributed by atoms with Crippen molar-refractivity contribution in [2.24, 2.45) is 0 Å². The number of pyridine rings is 1. The Kier molecular flexibility index (Phi) is 4.80. The fraction of sp³-hybridized carbons (Fsp3) is 0.400. The summed E-state index contributed by atoms with van der Waals surface area (Å²) in [6.45, 7) is 6.07. The van der Waals surface area contributed by atoms with Gasteiger partial charge in [0.2, 0.25) is 10.0 Å².